The molecule has 6 nitrogen and oxygen atoms in total. The van der Waals surface area contributed by atoms with Crippen molar-refractivity contribution in [3.05, 3.63) is 35.9 Å². The largest absolute Gasteiger partial charge is 0.479 e. The zero-order valence-electron chi connectivity index (χ0n) is 11.5. The second-order valence-corrected chi connectivity index (χ2v) is 4.36. The van der Waals surface area contributed by atoms with Gasteiger partial charge in [0.2, 0.25) is 0 Å². The quantitative estimate of drug-likeness (QED) is 0.748. The van der Waals surface area contributed by atoms with Crippen molar-refractivity contribution in [2.75, 3.05) is 0 Å². The molecule has 1 aromatic rings. The normalized spacial score (nSPS) is 13.3. The van der Waals surface area contributed by atoms with Gasteiger partial charge in [-0.15, -0.1) is 0 Å². The van der Waals surface area contributed by atoms with Gasteiger partial charge in [-0.2, -0.15) is 5.48 Å². The minimum absolute atomic E-state index is 0.153. The van der Waals surface area contributed by atoms with Crippen LogP contribution in [0, 0.1) is 0 Å². The maximum absolute atomic E-state index is 11.3. The third-order valence-electron chi connectivity index (χ3n) is 2.71. The van der Waals surface area contributed by atoms with Crippen LogP contribution in [0.5, 0.6) is 0 Å². The number of nitrogens with one attached hydrogen (secondary N) is 1. The molecule has 2 atom stereocenters. The van der Waals surface area contributed by atoms with E-state index in [4.69, 9.17) is 14.7 Å². The molecule has 0 fully saturated rings. The second-order valence-electron chi connectivity index (χ2n) is 4.36. The number of rotatable bonds is 7. The van der Waals surface area contributed by atoms with E-state index >= 15 is 0 Å². The summed E-state index contributed by atoms with van der Waals surface area (Å²) in [5.41, 5.74) is 2.81. The van der Waals surface area contributed by atoms with Crippen molar-refractivity contribution in [1.29, 1.82) is 0 Å². The van der Waals surface area contributed by atoms with Gasteiger partial charge in [0.05, 0.1) is 0 Å². The summed E-state index contributed by atoms with van der Waals surface area (Å²) in [7, 11) is 0. The molecule has 0 aliphatic rings. The summed E-state index contributed by atoms with van der Waals surface area (Å²) in [6.07, 6.45) is -1.39. The monoisotopic (exact) mass is 281 g/mol. The first kappa shape index (κ1) is 16.0. The number of carbonyl (C=O) groups is 2. The van der Waals surface area contributed by atoms with E-state index in [1.165, 1.54) is 0 Å². The third-order valence-corrected chi connectivity index (χ3v) is 2.71. The highest BCUT2D eigenvalue weighted by atomic mass is 16.7. The van der Waals surface area contributed by atoms with Crippen molar-refractivity contribution in [1.82, 2.24) is 5.48 Å². The zero-order chi connectivity index (χ0) is 15.0. The van der Waals surface area contributed by atoms with Crippen molar-refractivity contribution in [3.63, 3.8) is 0 Å². The SMILES string of the molecule is CC[C@H](C)OC(=O)NO[C@H](Cc1ccccc1)C(=O)O. The van der Waals surface area contributed by atoms with Crippen LogP contribution in [0.3, 0.4) is 0 Å². The minimum atomic E-state index is -1.16. The lowest BCUT2D eigenvalue weighted by Crippen LogP contribution is -2.37. The molecule has 0 spiro atoms. The lowest BCUT2D eigenvalue weighted by molar-refractivity contribution is -0.154. The molecule has 0 unspecified atom stereocenters. The van der Waals surface area contributed by atoms with Gasteiger partial charge in [0, 0.05) is 6.42 Å². The van der Waals surface area contributed by atoms with Gasteiger partial charge in [-0.1, -0.05) is 37.3 Å². The summed E-state index contributed by atoms with van der Waals surface area (Å²) in [6.45, 7) is 3.60. The first-order chi connectivity index (χ1) is 9.52. The Kier molecular flexibility index (Phi) is 6.52. The van der Waals surface area contributed by atoms with Crippen molar-refractivity contribution in [2.24, 2.45) is 0 Å². The Morgan fingerprint density at radius 2 is 1.95 bits per heavy atom. The topological polar surface area (TPSA) is 84.9 Å². The van der Waals surface area contributed by atoms with Gasteiger partial charge in [0.25, 0.3) is 0 Å². The lowest BCUT2D eigenvalue weighted by Gasteiger charge is -2.15. The number of carboxylic acid groups (broad SMARTS) is 1. The zero-order valence-corrected chi connectivity index (χ0v) is 11.5. The van der Waals surface area contributed by atoms with Crippen LogP contribution >= 0.6 is 0 Å². The predicted octanol–water partition coefficient (Wildman–Crippen LogP) is 2.14. The highest BCUT2D eigenvalue weighted by molar-refractivity contribution is 5.73. The fraction of sp³-hybridized carbons (Fsp3) is 0.429. The summed E-state index contributed by atoms with van der Waals surface area (Å²) >= 11 is 0. The van der Waals surface area contributed by atoms with Gasteiger partial charge in [-0.3, -0.25) is 4.84 Å². The first-order valence-corrected chi connectivity index (χ1v) is 6.42. The Morgan fingerprint density at radius 1 is 1.30 bits per heavy atom. The number of amides is 1. The molecular weight excluding hydrogens is 262 g/mol. The van der Waals surface area contributed by atoms with Crippen molar-refractivity contribution in [2.45, 2.75) is 38.9 Å². The molecule has 6 heteroatoms. The van der Waals surface area contributed by atoms with Crippen LogP contribution in [0.2, 0.25) is 0 Å². The second kappa shape index (κ2) is 8.16. The maximum Gasteiger partial charge on any atom is 0.431 e. The van der Waals surface area contributed by atoms with Crippen LogP contribution in [0.25, 0.3) is 0 Å². The molecule has 0 aliphatic heterocycles. The lowest BCUT2D eigenvalue weighted by atomic mass is 10.1. The Labute approximate surface area is 117 Å². The van der Waals surface area contributed by atoms with Gasteiger partial charge in [-0.25, -0.2) is 9.59 Å². The summed E-state index contributed by atoms with van der Waals surface area (Å²) in [5.74, 6) is -1.15. The van der Waals surface area contributed by atoms with Crippen LogP contribution < -0.4 is 5.48 Å². The summed E-state index contributed by atoms with van der Waals surface area (Å²) in [6, 6.07) is 9.02. The standard InChI is InChI=1S/C14H19NO5/c1-3-10(2)19-14(18)15-20-12(13(16)17)9-11-7-5-4-6-8-11/h4-8,10,12H,3,9H2,1-2H3,(H,15,18)(H,16,17)/t10-,12+/m0/s1. The Hall–Kier alpha value is -2.08. The molecular formula is C14H19NO5. The molecule has 1 rings (SSSR count). The maximum atomic E-state index is 11.3. The number of carbonyl (C=O) groups excluding carboxylic acids is 1. The minimum Gasteiger partial charge on any atom is -0.479 e. The van der Waals surface area contributed by atoms with E-state index in [0.717, 1.165) is 5.56 Å². The highest BCUT2D eigenvalue weighted by Crippen LogP contribution is 2.06. The molecule has 0 aromatic heterocycles. The molecule has 110 valence electrons. The van der Waals surface area contributed by atoms with Gasteiger partial charge < -0.3 is 9.84 Å². The molecule has 0 saturated heterocycles. The van der Waals surface area contributed by atoms with Crippen LogP contribution in [0.4, 0.5) is 4.79 Å². The van der Waals surface area contributed by atoms with E-state index in [1.807, 2.05) is 18.5 Å². The number of hydroxylamine groups is 1. The smallest absolute Gasteiger partial charge is 0.431 e. The number of carboxylic acids is 1. The fourth-order valence-corrected chi connectivity index (χ4v) is 1.42. The molecule has 0 bridgehead atoms. The van der Waals surface area contributed by atoms with E-state index in [-0.39, 0.29) is 12.5 Å². The highest BCUT2D eigenvalue weighted by Gasteiger charge is 2.21. The van der Waals surface area contributed by atoms with Crippen LogP contribution in [-0.2, 0) is 20.8 Å². The summed E-state index contributed by atoms with van der Waals surface area (Å²) in [5, 5.41) is 9.06. The van der Waals surface area contributed by atoms with E-state index in [9.17, 15) is 9.59 Å². The van der Waals surface area contributed by atoms with Crippen LogP contribution in [0.15, 0.2) is 30.3 Å². The summed E-state index contributed by atoms with van der Waals surface area (Å²) < 4.78 is 4.91. The molecule has 20 heavy (non-hydrogen) atoms. The van der Waals surface area contributed by atoms with Crippen LogP contribution in [0.1, 0.15) is 25.8 Å². The first-order valence-electron chi connectivity index (χ1n) is 6.42. The van der Waals surface area contributed by atoms with Gasteiger partial charge in [-0.05, 0) is 18.9 Å². The van der Waals surface area contributed by atoms with Gasteiger partial charge >= 0.3 is 12.1 Å². The van der Waals surface area contributed by atoms with E-state index in [1.54, 1.807) is 31.2 Å². The van der Waals surface area contributed by atoms with Crippen LogP contribution in [-0.4, -0.2) is 29.4 Å². The van der Waals surface area contributed by atoms with Crippen molar-refractivity contribution < 1.29 is 24.3 Å². The number of aliphatic carboxylic acids is 1. The van der Waals surface area contributed by atoms with Gasteiger partial charge in [0.15, 0.2) is 6.10 Å². The predicted molar refractivity (Wildman–Crippen MR) is 72.0 cm³/mol. The molecule has 0 saturated carbocycles. The average molecular weight is 281 g/mol. The fourth-order valence-electron chi connectivity index (χ4n) is 1.42. The van der Waals surface area contributed by atoms with Crippen molar-refractivity contribution >= 4 is 12.1 Å². The molecule has 0 aliphatic carbocycles. The average Bonchev–Trinajstić information content (AvgIpc) is 2.44. The summed E-state index contributed by atoms with van der Waals surface area (Å²) in [4.78, 5) is 27.3. The van der Waals surface area contributed by atoms with E-state index in [0.29, 0.717) is 6.42 Å². The number of hydrogen-bond donors (Lipinski definition) is 2. The Balaban J connectivity index is 2.48. The molecule has 1 aromatic carbocycles. The molecule has 2 N–H and O–H groups in total. The number of hydrogen-bond acceptors (Lipinski definition) is 4. The molecule has 0 heterocycles. The molecule has 1 amide bonds. The Morgan fingerprint density at radius 3 is 2.50 bits per heavy atom. The number of benzene rings is 1. The van der Waals surface area contributed by atoms with Crippen molar-refractivity contribution in [3.8, 4) is 0 Å². The number of ether oxygens (including phenoxy) is 1. The third kappa shape index (κ3) is 5.71. The van der Waals surface area contributed by atoms with E-state index < -0.39 is 18.2 Å². The van der Waals surface area contributed by atoms with Gasteiger partial charge in [0.1, 0.15) is 6.10 Å². The Bertz CT molecular complexity index is 434. The molecule has 0 radical (unpaired) electrons. The van der Waals surface area contributed by atoms with E-state index in [2.05, 4.69) is 0 Å².